The fraction of sp³-hybridized carbons (Fsp3) is 0.222. The zero-order valence-corrected chi connectivity index (χ0v) is 15.9. The van der Waals surface area contributed by atoms with Crippen molar-refractivity contribution >= 4 is 45.9 Å². The summed E-state index contributed by atoms with van der Waals surface area (Å²) in [4.78, 5) is 30.3. The summed E-state index contributed by atoms with van der Waals surface area (Å²) in [6.45, 7) is 0.681. The molecule has 0 saturated carbocycles. The summed E-state index contributed by atoms with van der Waals surface area (Å²) < 4.78 is 4.74. The first-order valence-electron chi connectivity index (χ1n) is 7.78. The number of thiophene rings is 3. The molecule has 1 amide bonds. The van der Waals surface area contributed by atoms with Crippen LogP contribution >= 0.6 is 34.0 Å². The largest absolute Gasteiger partial charge is 0.465 e. The second kappa shape index (κ2) is 6.74. The van der Waals surface area contributed by atoms with Crippen molar-refractivity contribution in [2.45, 2.75) is 12.5 Å². The Morgan fingerprint density at radius 3 is 2.72 bits per heavy atom. The number of ether oxygens (including phenoxy) is 1. The van der Waals surface area contributed by atoms with Gasteiger partial charge in [0.25, 0.3) is 5.91 Å². The topological polar surface area (TPSA) is 46.6 Å². The average Bonchev–Trinajstić information content (AvgIpc) is 3.40. The second-order valence-electron chi connectivity index (χ2n) is 5.62. The minimum atomic E-state index is -0.405. The van der Waals surface area contributed by atoms with Gasteiger partial charge in [-0.2, -0.15) is 0 Å². The Labute approximate surface area is 157 Å². The molecule has 4 heterocycles. The fourth-order valence-corrected chi connectivity index (χ4v) is 5.73. The number of amides is 1. The molecule has 0 N–H and O–H groups in total. The van der Waals surface area contributed by atoms with E-state index in [1.54, 1.807) is 34.8 Å². The molecule has 0 saturated heterocycles. The van der Waals surface area contributed by atoms with Crippen LogP contribution in [0.4, 0.5) is 0 Å². The molecule has 0 aliphatic carbocycles. The zero-order chi connectivity index (χ0) is 17.4. The monoisotopic (exact) mass is 389 g/mol. The van der Waals surface area contributed by atoms with Crippen molar-refractivity contribution in [3.05, 3.63) is 66.2 Å². The van der Waals surface area contributed by atoms with Crippen LogP contribution in [0.25, 0.3) is 0 Å². The van der Waals surface area contributed by atoms with Crippen LogP contribution in [-0.2, 0) is 11.2 Å². The van der Waals surface area contributed by atoms with Gasteiger partial charge < -0.3 is 9.64 Å². The van der Waals surface area contributed by atoms with Gasteiger partial charge in [-0.05, 0) is 47.0 Å². The predicted octanol–water partition coefficient (Wildman–Crippen LogP) is 4.45. The molecular formula is C18H15NO3S3. The maximum Gasteiger partial charge on any atom is 0.348 e. The summed E-state index contributed by atoms with van der Waals surface area (Å²) in [7, 11) is 1.35. The van der Waals surface area contributed by atoms with Crippen molar-refractivity contribution in [2.75, 3.05) is 13.7 Å². The number of carbonyl (C=O) groups excluding carboxylic acids is 2. The first-order chi connectivity index (χ1) is 12.2. The quantitative estimate of drug-likeness (QED) is 0.622. The highest BCUT2D eigenvalue weighted by atomic mass is 32.1. The van der Waals surface area contributed by atoms with Crippen LogP contribution in [-0.4, -0.2) is 30.4 Å². The average molecular weight is 390 g/mol. The van der Waals surface area contributed by atoms with E-state index in [0.717, 1.165) is 11.3 Å². The van der Waals surface area contributed by atoms with Gasteiger partial charge in [0.05, 0.1) is 18.0 Å². The Hall–Kier alpha value is -1.96. The molecule has 1 aliphatic rings. The Morgan fingerprint density at radius 1 is 1.12 bits per heavy atom. The zero-order valence-electron chi connectivity index (χ0n) is 13.4. The van der Waals surface area contributed by atoms with E-state index in [-0.39, 0.29) is 11.9 Å². The van der Waals surface area contributed by atoms with Crippen molar-refractivity contribution in [1.82, 2.24) is 4.90 Å². The van der Waals surface area contributed by atoms with Gasteiger partial charge >= 0.3 is 5.97 Å². The van der Waals surface area contributed by atoms with Crippen molar-refractivity contribution in [1.29, 1.82) is 0 Å². The summed E-state index contributed by atoms with van der Waals surface area (Å²) in [5.41, 5.74) is 1.22. The minimum absolute atomic E-state index is 0.0320. The molecule has 7 heteroatoms. The molecule has 3 aromatic rings. The van der Waals surface area contributed by atoms with E-state index in [0.29, 0.717) is 16.3 Å². The Kier molecular flexibility index (Phi) is 4.45. The number of carbonyl (C=O) groups is 2. The fourth-order valence-electron chi connectivity index (χ4n) is 3.09. The lowest BCUT2D eigenvalue weighted by Crippen LogP contribution is -2.39. The highest BCUT2D eigenvalue weighted by molar-refractivity contribution is 7.15. The van der Waals surface area contributed by atoms with Crippen LogP contribution in [0, 0.1) is 0 Å². The number of hydrogen-bond donors (Lipinski definition) is 0. The van der Waals surface area contributed by atoms with Crippen LogP contribution in [0.2, 0.25) is 0 Å². The van der Waals surface area contributed by atoms with E-state index < -0.39 is 5.97 Å². The molecule has 0 bridgehead atoms. The lowest BCUT2D eigenvalue weighted by molar-refractivity contribution is 0.0606. The Bertz CT molecular complexity index is 910. The van der Waals surface area contributed by atoms with Crippen LogP contribution in [0.1, 0.15) is 40.7 Å². The van der Waals surface area contributed by atoms with E-state index in [4.69, 9.17) is 4.74 Å². The normalized spacial score (nSPS) is 16.5. The summed E-state index contributed by atoms with van der Waals surface area (Å²) in [5, 5.41) is 4.14. The van der Waals surface area contributed by atoms with Crippen LogP contribution in [0.3, 0.4) is 0 Å². The molecule has 0 radical (unpaired) electrons. The SMILES string of the molecule is COC(=O)c1ccc(C(=O)N2CCc3sccc3C2c2cccs2)s1. The number of esters is 1. The maximum absolute atomic E-state index is 13.2. The molecule has 0 aromatic carbocycles. The maximum atomic E-state index is 13.2. The van der Waals surface area contributed by atoms with Crippen molar-refractivity contribution in [3.8, 4) is 0 Å². The molecule has 0 fully saturated rings. The van der Waals surface area contributed by atoms with Crippen molar-refractivity contribution in [3.63, 3.8) is 0 Å². The molecule has 0 spiro atoms. The highest BCUT2D eigenvalue weighted by Gasteiger charge is 2.34. The smallest absolute Gasteiger partial charge is 0.348 e. The lowest BCUT2D eigenvalue weighted by Gasteiger charge is -2.35. The van der Waals surface area contributed by atoms with E-state index >= 15 is 0 Å². The number of nitrogens with zero attached hydrogens (tertiary/aromatic N) is 1. The molecule has 1 unspecified atom stereocenters. The van der Waals surface area contributed by atoms with Gasteiger partial charge in [0.2, 0.25) is 0 Å². The third kappa shape index (κ3) is 2.92. The van der Waals surface area contributed by atoms with Gasteiger partial charge in [0, 0.05) is 16.3 Å². The van der Waals surface area contributed by atoms with Crippen molar-refractivity contribution < 1.29 is 14.3 Å². The van der Waals surface area contributed by atoms with Gasteiger partial charge in [0.15, 0.2) is 0 Å². The molecular weight excluding hydrogens is 374 g/mol. The third-order valence-corrected chi connectivity index (χ3v) is 7.22. The Morgan fingerprint density at radius 2 is 1.96 bits per heavy atom. The molecule has 1 atom stereocenters. The number of methoxy groups -OCH3 is 1. The first-order valence-corrected chi connectivity index (χ1v) is 10.4. The molecule has 25 heavy (non-hydrogen) atoms. The van der Waals surface area contributed by atoms with Gasteiger partial charge in [0.1, 0.15) is 4.88 Å². The van der Waals surface area contributed by atoms with Crippen LogP contribution in [0.15, 0.2) is 41.1 Å². The van der Waals surface area contributed by atoms with Crippen LogP contribution in [0.5, 0.6) is 0 Å². The predicted molar refractivity (Wildman–Crippen MR) is 101 cm³/mol. The van der Waals surface area contributed by atoms with E-state index in [1.165, 1.54) is 28.9 Å². The standard InChI is InChI=1S/C18H15NO3S3/c1-22-18(21)15-5-4-14(25-15)17(20)19-8-6-12-11(7-10-24-12)16(19)13-3-2-9-23-13/h2-5,7,9-10,16H,6,8H2,1H3. The van der Waals surface area contributed by atoms with Crippen LogP contribution < -0.4 is 0 Å². The van der Waals surface area contributed by atoms with Gasteiger partial charge in [-0.15, -0.1) is 34.0 Å². The van der Waals surface area contributed by atoms with Crippen molar-refractivity contribution in [2.24, 2.45) is 0 Å². The van der Waals surface area contributed by atoms with Gasteiger partial charge in [-0.3, -0.25) is 4.79 Å². The van der Waals surface area contributed by atoms with Gasteiger partial charge in [-0.25, -0.2) is 4.79 Å². The number of fused-ring (bicyclic) bond motifs is 1. The second-order valence-corrected chi connectivity index (χ2v) is 8.68. The number of rotatable bonds is 3. The molecule has 3 aromatic heterocycles. The summed E-state index contributed by atoms with van der Waals surface area (Å²) in [6, 6.07) is 9.54. The summed E-state index contributed by atoms with van der Waals surface area (Å²) >= 11 is 4.61. The summed E-state index contributed by atoms with van der Waals surface area (Å²) in [5.74, 6) is -0.437. The number of hydrogen-bond acceptors (Lipinski definition) is 6. The highest BCUT2D eigenvalue weighted by Crippen LogP contribution is 2.40. The summed E-state index contributed by atoms with van der Waals surface area (Å²) in [6.07, 6.45) is 0.871. The molecule has 128 valence electrons. The van der Waals surface area contributed by atoms with E-state index in [2.05, 4.69) is 17.5 Å². The minimum Gasteiger partial charge on any atom is -0.465 e. The first kappa shape index (κ1) is 16.5. The molecule has 4 rings (SSSR count). The van der Waals surface area contributed by atoms with E-state index in [9.17, 15) is 9.59 Å². The Balaban J connectivity index is 1.70. The van der Waals surface area contributed by atoms with E-state index in [1.807, 2.05) is 16.3 Å². The molecule has 1 aliphatic heterocycles. The lowest BCUT2D eigenvalue weighted by atomic mass is 9.98. The van der Waals surface area contributed by atoms with Gasteiger partial charge in [-0.1, -0.05) is 6.07 Å². The molecule has 4 nitrogen and oxygen atoms in total. The third-order valence-electron chi connectivity index (χ3n) is 4.24.